The van der Waals surface area contributed by atoms with Crippen molar-refractivity contribution < 1.29 is 14.3 Å². The Kier molecular flexibility index (Phi) is 4.98. The number of benzene rings is 1. The van der Waals surface area contributed by atoms with Gasteiger partial charge >= 0.3 is 6.03 Å². The van der Waals surface area contributed by atoms with Gasteiger partial charge in [0, 0.05) is 13.6 Å². The molecule has 3 N–H and O–H groups in total. The molecule has 0 spiro atoms. The average molecular weight is 251 g/mol. The van der Waals surface area contributed by atoms with Crippen molar-refractivity contribution in [3.05, 3.63) is 29.8 Å². The van der Waals surface area contributed by atoms with Crippen LogP contribution in [0, 0.1) is 0 Å². The number of primary amides is 1. The van der Waals surface area contributed by atoms with Crippen LogP contribution in [0.1, 0.15) is 5.56 Å². The van der Waals surface area contributed by atoms with Crippen molar-refractivity contribution >= 4 is 11.9 Å². The van der Waals surface area contributed by atoms with E-state index in [4.69, 9.17) is 10.5 Å². The predicted octanol–water partition coefficient (Wildman–Crippen LogP) is 0.322. The molecule has 98 valence electrons. The van der Waals surface area contributed by atoms with E-state index in [0.29, 0.717) is 6.54 Å². The number of urea groups is 1. The zero-order valence-corrected chi connectivity index (χ0v) is 10.5. The van der Waals surface area contributed by atoms with Crippen molar-refractivity contribution in [2.75, 3.05) is 20.7 Å². The maximum atomic E-state index is 11.5. The Balaban J connectivity index is 2.44. The summed E-state index contributed by atoms with van der Waals surface area (Å²) in [4.78, 5) is 23.4. The van der Waals surface area contributed by atoms with Crippen LogP contribution in [-0.4, -0.2) is 37.5 Å². The highest BCUT2D eigenvalue weighted by Crippen LogP contribution is 2.11. The summed E-state index contributed by atoms with van der Waals surface area (Å²) < 4.78 is 5.08. The lowest BCUT2D eigenvalue weighted by atomic mass is 10.2. The van der Waals surface area contributed by atoms with E-state index in [1.165, 1.54) is 7.05 Å². The summed E-state index contributed by atoms with van der Waals surface area (Å²) in [5.74, 6) is 0.468. The van der Waals surface area contributed by atoms with Crippen LogP contribution in [0.15, 0.2) is 24.3 Å². The number of nitrogens with zero attached hydrogens (tertiary/aromatic N) is 1. The average Bonchev–Trinajstić information content (AvgIpc) is 2.36. The first-order chi connectivity index (χ1) is 8.52. The van der Waals surface area contributed by atoms with Crippen molar-refractivity contribution in [3.63, 3.8) is 0 Å². The molecule has 0 unspecified atom stereocenters. The smallest absolute Gasteiger partial charge is 0.314 e. The molecule has 1 aromatic rings. The number of nitrogens with one attached hydrogen (secondary N) is 1. The second-order valence-corrected chi connectivity index (χ2v) is 3.82. The second kappa shape index (κ2) is 6.48. The minimum absolute atomic E-state index is 0.0562. The number of ether oxygens (including phenoxy) is 1. The molecule has 0 aromatic heterocycles. The number of rotatable bonds is 5. The Morgan fingerprint density at radius 3 is 2.78 bits per heavy atom. The number of carbonyl (C=O) groups excluding carboxylic acids is 2. The summed E-state index contributed by atoms with van der Waals surface area (Å²) in [7, 11) is 3.05. The van der Waals surface area contributed by atoms with E-state index >= 15 is 0 Å². The van der Waals surface area contributed by atoms with E-state index in [1.54, 1.807) is 7.11 Å². The molecule has 1 aromatic carbocycles. The maximum absolute atomic E-state index is 11.5. The molecule has 0 saturated carbocycles. The van der Waals surface area contributed by atoms with Crippen LogP contribution in [0.25, 0.3) is 0 Å². The number of likely N-dealkylation sites (N-methyl/N-ethyl adjacent to an activating group) is 1. The minimum Gasteiger partial charge on any atom is -0.497 e. The summed E-state index contributed by atoms with van der Waals surface area (Å²) in [5.41, 5.74) is 5.94. The lowest BCUT2D eigenvalue weighted by Gasteiger charge is -2.13. The molecule has 0 fully saturated rings. The number of amides is 3. The molecule has 0 aliphatic carbocycles. The highest BCUT2D eigenvalue weighted by molar-refractivity contribution is 5.83. The Morgan fingerprint density at radius 1 is 1.44 bits per heavy atom. The standard InChI is InChI=1S/C12H17N3O3/c1-15(12(13)17)8-11(16)14-7-9-4-3-5-10(6-9)18-2/h3-6H,7-8H2,1-2H3,(H2,13,17)(H,14,16). The Hall–Kier alpha value is -2.24. The van der Waals surface area contributed by atoms with Crippen molar-refractivity contribution in [2.45, 2.75) is 6.54 Å². The molecule has 0 saturated heterocycles. The number of hydrogen-bond donors (Lipinski definition) is 2. The Morgan fingerprint density at radius 2 is 2.17 bits per heavy atom. The third-order valence-electron chi connectivity index (χ3n) is 2.38. The fraction of sp³-hybridized carbons (Fsp3) is 0.333. The molecule has 0 aliphatic heterocycles. The second-order valence-electron chi connectivity index (χ2n) is 3.82. The Bertz CT molecular complexity index is 434. The van der Waals surface area contributed by atoms with E-state index in [9.17, 15) is 9.59 Å². The van der Waals surface area contributed by atoms with Gasteiger partial charge < -0.3 is 20.7 Å². The molecule has 3 amide bonds. The molecular weight excluding hydrogens is 234 g/mol. The maximum Gasteiger partial charge on any atom is 0.314 e. The van der Waals surface area contributed by atoms with Gasteiger partial charge in [0.05, 0.1) is 7.11 Å². The van der Waals surface area contributed by atoms with Crippen LogP contribution in [0.5, 0.6) is 5.75 Å². The lowest BCUT2D eigenvalue weighted by Crippen LogP contribution is -2.40. The first-order valence-corrected chi connectivity index (χ1v) is 5.43. The van der Waals surface area contributed by atoms with Crippen molar-refractivity contribution in [2.24, 2.45) is 5.73 Å². The van der Waals surface area contributed by atoms with Crippen LogP contribution < -0.4 is 15.8 Å². The van der Waals surface area contributed by atoms with Gasteiger partial charge in [-0.1, -0.05) is 12.1 Å². The number of carbonyl (C=O) groups is 2. The molecular formula is C12H17N3O3. The van der Waals surface area contributed by atoms with Gasteiger partial charge in [0.25, 0.3) is 0 Å². The lowest BCUT2D eigenvalue weighted by molar-refractivity contribution is -0.121. The highest BCUT2D eigenvalue weighted by Gasteiger charge is 2.08. The Labute approximate surface area is 106 Å². The van der Waals surface area contributed by atoms with Gasteiger partial charge in [-0.15, -0.1) is 0 Å². The van der Waals surface area contributed by atoms with Crippen LogP contribution in [0.4, 0.5) is 4.79 Å². The van der Waals surface area contributed by atoms with Crippen molar-refractivity contribution in [1.29, 1.82) is 0 Å². The van der Waals surface area contributed by atoms with Gasteiger partial charge in [-0.05, 0) is 17.7 Å². The molecule has 6 heteroatoms. The number of hydrogen-bond acceptors (Lipinski definition) is 3. The molecule has 18 heavy (non-hydrogen) atoms. The van der Waals surface area contributed by atoms with E-state index in [2.05, 4.69) is 5.32 Å². The van der Waals surface area contributed by atoms with Gasteiger partial charge in [0.2, 0.25) is 5.91 Å². The van der Waals surface area contributed by atoms with Crippen LogP contribution in [0.2, 0.25) is 0 Å². The molecule has 0 radical (unpaired) electrons. The summed E-state index contributed by atoms with van der Waals surface area (Å²) in [6, 6.07) is 6.74. The fourth-order valence-corrected chi connectivity index (χ4v) is 1.33. The third kappa shape index (κ3) is 4.32. The van der Waals surface area contributed by atoms with Crippen LogP contribution >= 0.6 is 0 Å². The summed E-state index contributed by atoms with van der Waals surface area (Å²) in [6.07, 6.45) is 0. The monoisotopic (exact) mass is 251 g/mol. The topological polar surface area (TPSA) is 84.7 Å². The van der Waals surface area contributed by atoms with E-state index in [1.807, 2.05) is 24.3 Å². The normalized spacial score (nSPS) is 9.67. The largest absolute Gasteiger partial charge is 0.497 e. The van der Waals surface area contributed by atoms with Gasteiger partial charge in [-0.25, -0.2) is 4.79 Å². The third-order valence-corrected chi connectivity index (χ3v) is 2.38. The van der Waals surface area contributed by atoms with E-state index in [-0.39, 0.29) is 12.5 Å². The minimum atomic E-state index is -0.633. The van der Waals surface area contributed by atoms with Crippen molar-refractivity contribution in [1.82, 2.24) is 10.2 Å². The summed E-state index contributed by atoms with van der Waals surface area (Å²) >= 11 is 0. The van der Waals surface area contributed by atoms with E-state index < -0.39 is 6.03 Å². The SMILES string of the molecule is COc1cccc(CNC(=O)CN(C)C(N)=O)c1. The van der Waals surface area contributed by atoms with Gasteiger partial charge in [-0.2, -0.15) is 0 Å². The summed E-state index contributed by atoms with van der Waals surface area (Å²) in [5, 5.41) is 2.69. The first-order valence-electron chi connectivity index (χ1n) is 5.43. The zero-order valence-electron chi connectivity index (χ0n) is 10.5. The summed E-state index contributed by atoms with van der Waals surface area (Å²) in [6.45, 7) is 0.321. The fourth-order valence-electron chi connectivity index (χ4n) is 1.33. The molecule has 0 bridgehead atoms. The predicted molar refractivity (Wildman–Crippen MR) is 67.1 cm³/mol. The molecule has 0 heterocycles. The molecule has 6 nitrogen and oxygen atoms in total. The van der Waals surface area contributed by atoms with E-state index in [0.717, 1.165) is 16.2 Å². The quantitative estimate of drug-likeness (QED) is 0.790. The van der Waals surface area contributed by atoms with Gasteiger partial charge in [0.1, 0.15) is 12.3 Å². The molecule has 1 rings (SSSR count). The first kappa shape index (κ1) is 13.8. The molecule has 0 aliphatic rings. The zero-order chi connectivity index (χ0) is 13.5. The molecule has 0 atom stereocenters. The number of nitrogens with two attached hydrogens (primary N) is 1. The van der Waals surface area contributed by atoms with Crippen molar-refractivity contribution in [3.8, 4) is 5.75 Å². The van der Waals surface area contributed by atoms with Gasteiger partial charge in [-0.3, -0.25) is 4.79 Å². The van der Waals surface area contributed by atoms with Gasteiger partial charge in [0.15, 0.2) is 0 Å². The number of methoxy groups -OCH3 is 1. The highest BCUT2D eigenvalue weighted by atomic mass is 16.5. The van der Waals surface area contributed by atoms with Crippen LogP contribution in [0.3, 0.4) is 0 Å². The van der Waals surface area contributed by atoms with Crippen LogP contribution in [-0.2, 0) is 11.3 Å².